The fourth-order valence-electron chi connectivity index (χ4n) is 2.81. The molecule has 0 spiro atoms. The van der Waals surface area contributed by atoms with Gasteiger partial charge in [0.05, 0.1) is 10.5 Å². The van der Waals surface area contributed by atoms with E-state index in [1.807, 2.05) is 24.3 Å². The molecule has 4 rings (SSSR count). The van der Waals surface area contributed by atoms with E-state index in [-0.39, 0.29) is 9.92 Å². The molecule has 0 radical (unpaired) electrons. The van der Waals surface area contributed by atoms with E-state index in [1.165, 1.54) is 16.2 Å². The molecular formula is C16H11NO2S2. The molecule has 5 heteroatoms. The summed E-state index contributed by atoms with van der Waals surface area (Å²) in [6.45, 7) is 0. The van der Waals surface area contributed by atoms with Crippen molar-refractivity contribution in [1.29, 1.82) is 0 Å². The van der Waals surface area contributed by atoms with Crippen molar-refractivity contribution >= 4 is 43.8 Å². The van der Waals surface area contributed by atoms with Crippen LogP contribution in [0.4, 0.5) is 5.00 Å². The van der Waals surface area contributed by atoms with Gasteiger partial charge >= 0.3 is 5.00 Å². The third-order valence-electron chi connectivity index (χ3n) is 3.74. The van der Waals surface area contributed by atoms with Gasteiger partial charge in [-0.05, 0) is 29.9 Å². The van der Waals surface area contributed by atoms with Gasteiger partial charge in [-0.2, -0.15) is 0 Å². The number of thiophene rings is 2. The summed E-state index contributed by atoms with van der Waals surface area (Å²) in [6, 6.07) is 7.79. The average Bonchev–Trinajstić information content (AvgIpc) is 3.07. The molecular weight excluding hydrogens is 302 g/mol. The van der Waals surface area contributed by atoms with E-state index >= 15 is 0 Å². The van der Waals surface area contributed by atoms with Crippen molar-refractivity contribution in [2.75, 3.05) is 0 Å². The van der Waals surface area contributed by atoms with Gasteiger partial charge in [-0.25, -0.2) is 0 Å². The summed E-state index contributed by atoms with van der Waals surface area (Å²) in [5.74, 6) is 0. The predicted molar refractivity (Wildman–Crippen MR) is 89.1 cm³/mol. The third kappa shape index (κ3) is 1.92. The molecule has 0 amide bonds. The third-order valence-corrected chi connectivity index (χ3v) is 5.93. The van der Waals surface area contributed by atoms with Crippen molar-refractivity contribution in [3.05, 3.63) is 56.3 Å². The second kappa shape index (κ2) is 4.79. The van der Waals surface area contributed by atoms with Gasteiger partial charge in [-0.3, -0.25) is 10.1 Å². The highest BCUT2D eigenvalue weighted by Crippen LogP contribution is 2.47. The Morgan fingerprint density at radius 1 is 1.24 bits per heavy atom. The standard InChI is InChI=1S/C16H11NO2S2/c18-17(19)16-15(11-6-2-4-8-14(11)21-16)12-9-20-13-7-3-1-5-10(12)13/h1-2,4-6,8-9H,3,7H2. The molecule has 0 bridgehead atoms. The zero-order chi connectivity index (χ0) is 14.4. The normalized spacial score (nSPS) is 13.5. The minimum atomic E-state index is -0.253. The number of aryl methyl sites for hydroxylation is 1. The highest BCUT2D eigenvalue weighted by Gasteiger charge is 2.26. The lowest BCUT2D eigenvalue weighted by Crippen LogP contribution is -1.91. The zero-order valence-corrected chi connectivity index (χ0v) is 12.7. The molecule has 0 unspecified atom stereocenters. The number of nitro groups is 1. The van der Waals surface area contributed by atoms with Crippen molar-refractivity contribution in [3.63, 3.8) is 0 Å². The first-order valence-electron chi connectivity index (χ1n) is 6.69. The minimum Gasteiger partial charge on any atom is -0.258 e. The Hall–Kier alpha value is -1.98. The molecule has 0 atom stereocenters. The van der Waals surface area contributed by atoms with Crippen molar-refractivity contribution in [3.8, 4) is 11.1 Å². The van der Waals surface area contributed by atoms with Crippen LogP contribution in [-0.4, -0.2) is 4.92 Å². The van der Waals surface area contributed by atoms with Crippen LogP contribution in [0.2, 0.25) is 0 Å². The Balaban J connectivity index is 2.06. The van der Waals surface area contributed by atoms with Crippen LogP contribution in [0.15, 0.2) is 35.7 Å². The quantitative estimate of drug-likeness (QED) is 0.463. The molecule has 0 saturated carbocycles. The lowest BCUT2D eigenvalue weighted by atomic mass is 9.97. The summed E-state index contributed by atoms with van der Waals surface area (Å²) in [5.41, 5.74) is 2.96. The molecule has 21 heavy (non-hydrogen) atoms. The smallest absolute Gasteiger partial charge is 0.258 e. The molecule has 0 N–H and O–H groups in total. The highest BCUT2D eigenvalue weighted by molar-refractivity contribution is 7.23. The second-order valence-electron chi connectivity index (χ2n) is 4.96. The van der Waals surface area contributed by atoms with Crippen LogP contribution in [0, 0.1) is 10.1 Å². The van der Waals surface area contributed by atoms with Crippen LogP contribution in [0.1, 0.15) is 16.9 Å². The fraction of sp³-hybridized carbons (Fsp3) is 0.125. The van der Waals surface area contributed by atoms with E-state index in [1.54, 1.807) is 11.3 Å². The molecule has 104 valence electrons. The molecule has 2 aromatic heterocycles. The summed E-state index contributed by atoms with van der Waals surface area (Å²) >= 11 is 2.97. The Bertz CT molecular complexity index is 889. The Morgan fingerprint density at radius 2 is 2.10 bits per heavy atom. The molecule has 3 nitrogen and oxygen atoms in total. The zero-order valence-electron chi connectivity index (χ0n) is 11.0. The Labute approximate surface area is 129 Å². The van der Waals surface area contributed by atoms with Gasteiger partial charge in [-0.1, -0.05) is 41.7 Å². The molecule has 1 aromatic carbocycles. The maximum Gasteiger partial charge on any atom is 0.333 e. The molecule has 0 aliphatic heterocycles. The summed E-state index contributed by atoms with van der Waals surface area (Å²) in [6.07, 6.45) is 6.35. The maximum atomic E-state index is 11.5. The highest BCUT2D eigenvalue weighted by atomic mass is 32.1. The number of hydrogen-bond acceptors (Lipinski definition) is 4. The Kier molecular flexibility index (Phi) is 2.90. The van der Waals surface area contributed by atoms with E-state index in [9.17, 15) is 10.1 Å². The first-order valence-corrected chi connectivity index (χ1v) is 8.38. The number of allylic oxidation sites excluding steroid dienone is 1. The van der Waals surface area contributed by atoms with Crippen molar-refractivity contribution < 1.29 is 4.92 Å². The van der Waals surface area contributed by atoms with Crippen molar-refractivity contribution in [2.45, 2.75) is 12.8 Å². The number of fused-ring (bicyclic) bond motifs is 2. The fourth-order valence-corrected chi connectivity index (χ4v) is 4.89. The van der Waals surface area contributed by atoms with Crippen LogP contribution in [0.25, 0.3) is 27.3 Å². The van der Waals surface area contributed by atoms with Crippen LogP contribution < -0.4 is 0 Å². The lowest BCUT2D eigenvalue weighted by Gasteiger charge is -2.06. The summed E-state index contributed by atoms with van der Waals surface area (Å²) in [7, 11) is 0. The van der Waals surface area contributed by atoms with Gasteiger partial charge in [0.1, 0.15) is 0 Å². The van der Waals surface area contributed by atoms with Crippen LogP contribution in [0.3, 0.4) is 0 Å². The first kappa shape index (κ1) is 12.7. The molecule has 3 aromatic rings. The van der Waals surface area contributed by atoms with Gasteiger partial charge in [-0.15, -0.1) is 11.3 Å². The van der Waals surface area contributed by atoms with Crippen LogP contribution in [-0.2, 0) is 6.42 Å². The molecule has 1 aliphatic rings. The summed E-state index contributed by atoms with van der Waals surface area (Å²) in [4.78, 5) is 12.5. The van der Waals surface area contributed by atoms with Gasteiger partial charge in [0.15, 0.2) is 0 Å². The van der Waals surface area contributed by atoms with E-state index in [0.29, 0.717) is 0 Å². The molecule has 2 heterocycles. The monoisotopic (exact) mass is 313 g/mol. The lowest BCUT2D eigenvalue weighted by molar-refractivity contribution is -0.379. The van der Waals surface area contributed by atoms with Gasteiger partial charge in [0.2, 0.25) is 0 Å². The summed E-state index contributed by atoms with van der Waals surface area (Å²) < 4.78 is 0.971. The van der Waals surface area contributed by atoms with E-state index in [4.69, 9.17) is 0 Å². The topological polar surface area (TPSA) is 43.1 Å². The molecule has 0 fully saturated rings. The van der Waals surface area contributed by atoms with Gasteiger partial charge in [0.25, 0.3) is 0 Å². The van der Waals surface area contributed by atoms with Crippen LogP contribution in [0.5, 0.6) is 0 Å². The number of rotatable bonds is 2. The van der Waals surface area contributed by atoms with Crippen molar-refractivity contribution in [2.24, 2.45) is 0 Å². The van der Waals surface area contributed by atoms with E-state index in [0.717, 1.165) is 39.6 Å². The summed E-state index contributed by atoms with van der Waals surface area (Å²) in [5, 5.41) is 14.8. The van der Waals surface area contributed by atoms with E-state index < -0.39 is 0 Å². The second-order valence-corrected chi connectivity index (χ2v) is 6.96. The SMILES string of the molecule is O=[N+]([O-])c1sc2ccccc2c1-c1csc2c1C=CCC2. The molecule has 1 aliphatic carbocycles. The van der Waals surface area contributed by atoms with E-state index in [2.05, 4.69) is 17.5 Å². The number of hydrogen-bond donors (Lipinski definition) is 0. The predicted octanol–water partition coefficient (Wildman–Crippen LogP) is 5.50. The largest absolute Gasteiger partial charge is 0.333 e. The van der Waals surface area contributed by atoms with Gasteiger partial charge < -0.3 is 0 Å². The molecule has 0 saturated heterocycles. The first-order chi connectivity index (χ1) is 10.3. The van der Waals surface area contributed by atoms with Crippen molar-refractivity contribution in [1.82, 2.24) is 0 Å². The number of benzene rings is 1. The Morgan fingerprint density at radius 3 is 2.95 bits per heavy atom. The minimum absolute atomic E-state index is 0.246. The average molecular weight is 313 g/mol. The van der Waals surface area contributed by atoms with Gasteiger partial charge in [0, 0.05) is 20.5 Å². The maximum absolute atomic E-state index is 11.5. The number of nitrogens with zero attached hydrogens (tertiary/aromatic N) is 1. The van der Waals surface area contributed by atoms with Crippen LogP contribution >= 0.6 is 22.7 Å².